The van der Waals surface area contributed by atoms with Crippen molar-refractivity contribution < 1.29 is 24.2 Å². The SMILES string of the molecule is C=CCN(Cc1ccccc1)C(=O)C1N([C@@H](CO)C(C)C)C(=O)[C@@H]2[C@@H](C(=O)N(CC=C)c3ccc(OCC)cc3)[C@H]3CCC12S3. The van der Waals surface area contributed by atoms with Crippen LogP contribution in [0.2, 0.25) is 0 Å². The fourth-order valence-electron chi connectivity index (χ4n) is 7.52. The first-order valence-electron chi connectivity index (χ1n) is 15.9. The number of anilines is 1. The third-order valence-electron chi connectivity index (χ3n) is 9.49. The molecule has 2 aromatic rings. The van der Waals surface area contributed by atoms with E-state index >= 15 is 0 Å². The third kappa shape index (κ3) is 5.92. The second-order valence-electron chi connectivity index (χ2n) is 12.5. The minimum atomic E-state index is -0.802. The van der Waals surface area contributed by atoms with Crippen molar-refractivity contribution in [1.82, 2.24) is 9.80 Å². The number of carbonyl (C=O) groups is 3. The van der Waals surface area contributed by atoms with Gasteiger partial charge in [0.2, 0.25) is 17.7 Å². The molecule has 2 bridgehead atoms. The van der Waals surface area contributed by atoms with E-state index in [0.29, 0.717) is 37.6 Å². The molecule has 0 aromatic heterocycles. The average molecular weight is 632 g/mol. The molecule has 9 heteroatoms. The van der Waals surface area contributed by atoms with Gasteiger partial charge in [-0.25, -0.2) is 0 Å². The number of aliphatic hydroxyl groups excluding tert-OH is 1. The molecule has 240 valence electrons. The average Bonchev–Trinajstić information content (AvgIpc) is 3.68. The monoisotopic (exact) mass is 631 g/mol. The van der Waals surface area contributed by atoms with E-state index in [2.05, 4.69) is 13.2 Å². The van der Waals surface area contributed by atoms with E-state index in [9.17, 15) is 19.5 Å². The van der Waals surface area contributed by atoms with Crippen molar-refractivity contribution in [2.75, 3.05) is 31.2 Å². The van der Waals surface area contributed by atoms with Gasteiger partial charge in [0.15, 0.2) is 0 Å². The van der Waals surface area contributed by atoms with Crippen LogP contribution in [0.4, 0.5) is 5.69 Å². The van der Waals surface area contributed by atoms with Crippen LogP contribution < -0.4 is 9.64 Å². The second-order valence-corrected chi connectivity index (χ2v) is 14.1. The first-order valence-corrected chi connectivity index (χ1v) is 16.8. The first-order chi connectivity index (χ1) is 21.7. The quantitative estimate of drug-likeness (QED) is 0.298. The van der Waals surface area contributed by atoms with Crippen LogP contribution in [0.3, 0.4) is 0 Å². The van der Waals surface area contributed by atoms with Crippen molar-refractivity contribution in [3.05, 3.63) is 85.5 Å². The number of hydrogen-bond donors (Lipinski definition) is 1. The van der Waals surface area contributed by atoms with Gasteiger partial charge in [-0.15, -0.1) is 24.9 Å². The van der Waals surface area contributed by atoms with Crippen molar-refractivity contribution in [2.24, 2.45) is 17.8 Å². The van der Waals surface area contributed by atoms with Crippen LogP contribution in [0.15, 0.2) is 79.9 Å². The van der Waals surface area contributed by atoms with E-state index in [0.717, 1.165) is 12.0 Å². The van der Waals surface area contributed by atoms with Crippen molar-refractivity contribution in [1.29, 1.82) is 0 Å². The fourth-order valence-corrected chi connectivity index (χ4v) is 9.71. The number of amides is 3. The standard InChI is InChI=1S/C36H45N3O5S/c1-6-20-37(22-25-12-10-9-11-13-25)35(43)32-36-19-18-29(45-36)30(31(36)34(42)39(32)28(23-40)24(4)5)33(41)38(21-7-2)26-14-16-27(17-15-26)44-8-3/h6-7,9-17,24,28-32,40H,1-2,8,18-23H2,3-5H3/t28-,29+,30-,31-,32?,36?/m0/s1. The molecule has 0 radical (unpaired) electrons. The van der Waals surface area contributed by atoms with Crippen molar-refractivity contribution >= 4 is 35.2 Å². The Kier molecular flexibility index (Phi) is 10.1. The first kappa shape index (κ1) is 32.8. The summed E-state index contributed by atoms with van der Waals surface area (Å²) in [6, 6.07) is 15.8. The van der Waals surface area contributed by atoms with Crippen molar-refractivity contribution in [2.45, 2.75) is 62.2 Å². The highest BCUT2D eigenvalue weighted by molar-refractivity contribution is 8.02. The van der Waals surface area contributed by atoms with Gasteiger partial charge in [0.05, 0.1) is 35.8 Å². The lowest BCUT2D eigenvalue weighted by atomic mass is 9.70. The Hall–Kier alpha value is -3.56. The van der Waals surface area contributed by atoms with E-state index in [1.54, 1.807) is 38.6 Å². The zero-order valence-corrected chi connectivity index (χ0v) is 27.3. The molecule has 3 saturated heterocycles. The van der Waals surface area contributed by atoms with Gasteiger partial charge in [-0.2, -0.15) is 0 Å². The zero-order chi connectivity index (χ0) is 32.3. The summed E-state index contributed by atoms with van der Waals surface area (Å²) in [4.78, 5) is 49.1. The Morgan fingerprint density at radius 3 is 2.38 bits per heavy atom. The van der Waals surface area contributed by atoms with Crippen LogP contribution in [-0.4, -0.2) is 81.0 Å². The van der Waals surface area contributed by atoms with Gasteiger partial charge >= 0.3 is 0 Å². The molecule has 6 atom stereocenters. The number of benzene rings is 2. The van der Waals surface area contributed by atoms with Gasteiger partial charge in [-0.3, -0.25) is 14.4 Å². The molecule has 3 fully saturated rings. The normalized spacial score (nSPS) is 25.6. The highest BCUT2D eigenvalue weighted by Gasteiger charge is 2.74. The lowest BCUT2D eigenvalue weighted by Crippen LogP contribution is -2.58. The summed E-state index contributed by atoms with van der Waals surface area (Å²) in [6.07, 6.45) is 4.79. The molecule has 3 aliphatic rings. The molecule has 1 spiro atoms. The van der Waals surface area contributed by atoms with Crippen molar-refractivity contribution in [3.63, 3.8) is 0 Å². The minimum Gasteiger partial charge on any atom is -0.494 e. The van der Waals surface area contributed by atoms with Gasteiger partial charge < -0.3 is 24.5 Å². The van der Waals surface area contributed by atoms with E-state index in [1.807, 2.05) is 75.4 Å². The van der Waals surface area contributed by atoms with Gasteiger partial charge in [0.1, 0.15) is 11.8 Å². The van der Waals surface area contributed by atoms with Crippen LogP contribution in [0.5, 0.6) is 5.75 Å². The van der Waals surface area contributed by atoms with Crippen LogP contribution in [-0.2, 0) is 20.9 Å². The molecular weight excluding hydrogens is 586 g/mol. The Bertz CT molecular complexity index is 1400. The summed E-state index contributed by atoms with van der Waals surface area (Å²) in [5, 5.41) is 10.5. The molecule has 3 heterocycles. The Morgan fingerprint density at radius 1 is 1.09 bits per heavy atom. The van der Waals surface area contributed by atoms with Crippen molar-refractivity contribution in [3.8, 4) is 5.75 Å². The van der Waals surface area contributed by atoms with Crippen LogP contribution in [0, 0.1) is 17.8 Å². The molecule has 0 saturated carbocycles. The number of nitrogens with zero attached hydrogens (tertiary/aromatic N) is 3. The molecule has 5 rings (SSSR count). The molecule has 45 heavy (non-hydrogen) atoms. The molecule has 3 aliphatic heterocycles. The summed E-state index contributed by atoms with van der Waals surface area (Å²) in [5.41, 5.74) is 1.68. The van der Waals surface area contributed by atoms with E-state index in [4.69, 9.17) is 4.74 Å². The fraction of sp³-hybridized carbons (Fsp3) is 0.472. The van der Waals surface area contributed by atoms with Crippen LogP contribution in [0.25, 0.3) is 0 Å². The molecule has 0 aliphatic carbocycles. The maximum Gasteiger partial charge on any atom is 0.247 e. The number of rotatable bonds is 14. The summed E-state index contributed by atoms with van der Waals surface area (Å²) in [5.74, 6) is -1.16. The topological polar surface area (TPSA) is 90.4 Å². The zero-order valence-electron chi connectivity index (χ0n) is 26.5. The molecular formula is C36H45N3O5S. The number of ether oxygens (including phenoxy) is 1. The molecule has 8 nitrogen and oxygen atoms in total. The Balaban J connectivity index is 1.54. The van der Waals surface area contributed by atoms with E-state index in [-0.39, 0.29) is 42.0 Å². The number of thioether (sulfide) groups is 1. The summed E-state index contributed by atoms with van der Waals surface area (Å²) < 4.78 is 4.84. The number of hydrogen-bond acceptors (Lipinski definition) is 6. The van der Waals surface area contributed by atoms with Gasteiger partial charge in [0.25, 0.3) is 0 Å². The largest absolute Gasteiger partial charge is 0.494 e. The number of likely N-dealkylation sites (tertiary alicyclic amines) is 1. The smallest absolute Gasteiger partial charge is 0.247 e. The van der Waals surface area contributed by atoms with Crippen LogP contribution >= 0.6 is 11.8 Å². The summed E-state index contributed by atoms with van der Waals surface area (Å²) >= 11 is 1.64. The summed E-state index contributed by atoms with van der Waals surface area (Å²) in [7, 11) is 0. The third-order valence-corrected chi connectivity index (χ3v) is 11.4. The Labute approximate surface area is 271 Å². The molecule has 3 amide bonds. The summed E-state index contributed by atoms with van der Waals surface area (Å²) in [6.45, 7) is 14.9. The molecule has 2 aromatic carbocycles. The minimum absolute atomic E-state index is 0.0903. The lowest BCUT2D eigenvalue weighted by Gasteiger charge is -2.40. The predicted octanol–water partition coefficient (Wildman–Crippen LogP) is 4.93. The number of carbonyl (C=O) groups excluding carboxylic acids is 3. The van der Waals surface area contributed by atoms with Gasteiger partial charge in [0, 0.05) is 30.6 Å². The van der Waals surface area contributed by atoms with Gasteiger partial charge in [-0.05, 0) is 55.5 Å². The highest BCUT2D eigenvalue weighted by Crippen LogP contribution is 2.67. The number of aliphatic hydroxyl groups is 1. The van der Waals surface area contributed by atoms with Gasteiger partial charge in [-0.1, -0.05) is 56.3 Å². The van der Waals surface area contributed by atoms with E-state index < -0.39 is 28.7 Å². The predicted molar refractivity (Wildman–Crippen MR) is 179 cm³/mol. The molecule has 1 N–H and O–H groups in total. The Morgan fingerprint density at radius 2 is 1.78 bits per heavy atom. The highest BCUT2D eigenvalue weighted by atomic mass is 32.2. The maximum absolute atomic E-state index is 14.8. The second kappa shape index (κ2) is 13.8. The lowest BCUT2D eigenvalue weighted by molar-refractivity contribution is -0.147. The van der Waals surface area contributed by atoms with Crippen LogP contribution in [0.1, 0.15) is 39.2 Å². The van der Waals surface area contributed by atoms with E-state index in [1.165, 1.54) is 0 Å². The molecule has 2 unspecified atom stereocenters. The maximum atomic E-state index is 14.8. The number of fused-ring (bicyclic) bond motifs is 1.